The third kappa shape index (κ3) is 3.61. The molecule has 0 amide bonds. The standard InChI is InChI=1S/C11H9F3N4O3S/c1-5(18-22(19)20)15-11-9(16-21-17-11)6-2-3-8(12)7(4-6)10(13)14/h2-5,10H,1H3,(H,15,17). The predicted octanol–water partition coefficient (Wildman–Crippen LogP) is 2.63. The van der Waals surface area contributed by atoms with Crippen molar-refractivity contribution in [1.29, 1.82) is 0 Å². The Bertz CT molecular complexity index is 799. The van der Waals surface area contributed by atoms with E-state index in [9.17, 15) is 21.6 Å². The molecule has 1 aromatic carbocycles. The molecule has 0 aliphatic rings. The Kier molecular flexibility index (Phi) is 4.75. The van der Waals surface area contributed by atoms with E-state index in [1.165, 1.54) is 13.0 Å². The van der Waals surface area contributed by atoms with E-state index in [-0.39, 0.29) is 17.1 Å². The summed E-state index contributed by atoms with van der Waals surface area (Å²) < 4.78 is 67.4. The summed E-state index contributed by atoms with van der Waals surface area (Å²) in [4.78, 5) is 0. The molecule has 0 aliphatic carbocycles. The third-order valence-corrected chi connectivity index (χ3v) is 3.07. The van der Waals surface area contributed by atoms with Crippen molar-refractivity contribution in [3.63, 3.8) is 0 Å². The molecule has 118 valence electrons. The molecule has 1 N–H and O–H groups in total. The van der Waals surface area contributed by atoms with E-state index in [4.69, 9.17) is 0 Å². The van der Waals surface area contributed by atoms with Gasteiger partial charge in [0.1, 0.15) is 12.0 Å². The number of anilines is 1. The fourth-order valence-corrected chi connectivity index (χ4v) is 2.00. The predicted molar refractivity (Wildman–Crippen MR) is 69.1 cm³/mol. The Morgan fingerprint density at radius 2 is 2.05 bits per heavy atom. The summed E-state index contributed by atoms with van der Waals surface area (Å²) in [5, 5.41) is 9.61. The van der Waals surface area contributed by atoms with Gasteiger partial charge in [0.05, 0.1) is 5.56 Å². The quantitative estimate of drug-likeness (QED) is 0.903. The van der Waals surface area contributed by atoms with Gasteiger partial charge < -0.3 is 5.32 Å². The van der Waals surface area contributed by atoms with Crippen LogP contribution in [0.15, 0.2) is 27.2 Å². The lowest BCUT2D eigenvalue weighted by molar-refractivity contribution is 0.146. The van der Waals surface area contributed by atoms with Crippen LogP contribution in [-0.2, 0) is 10.5 Å². The first-order chi connectivity index (χ1) is 10.4. The summed E-state index contributed by atoms with van der Waals surface area (Å²) in [7, 11) is -2.64. The van der Waals surface area contributed by atoms with Gasteiger partial charge in [-0.25, -0.2) is 17.8 Å². The summed E-state index contributed by atoms with van der Waals surface area (Å²) in [6, 6.07) is 3.01. The van der Waals surface area contributed by atoms with Gasteiger partial charge in [0, 0.05) is 5.56 Å². The molecule has 0 bridgehead atoms. The van der Waals surface area contributed by atoms with Gasteiger partial charge in [-0.1, -0.05) is 0 Å². The van der Waals surface area contributed by atoms with Crippen molar-refractivity contribution in [2.45, 2.75) is 19.5 Å². The minimum Gasteiger partial charge on any atom is -0.343 e. The molecule has 7 nitrogen and oxygen atoms in total. The Morgan fingerprint density at radius 1 is 1.32 bits per heavy atom. The first-order valence-electron chi connectivity index (χ1n) is 5.85. The van der Waals surface area contributed by atoms with Crippen LogP contribution in [0, 0.1) is 5.82 Å². The first kappa shape index (κ1) is 15.9. The number of alkyl halides is 2. The van der Waals surface area contributed by atoms with Crippen LogP contribution in [0.2, 0.25) is 0 Å². The highest BCUT2D eigenvalue weighted by atomic mass is 32.2. The second-order valence-electron chi connectivity index (χ2n) is 4.14. The monoisotopic (exact) mass is 334 g/mol. The van der Waals surface area contributed by atoms with E-state index >= 15 is 0 Å². The number of aromatic nitrogens is 2. The normalized spacial score (nSPS) is 12.2. The smallest absolute Gasteiger partial charge is 0.313 e. The van der Waals surface area contributed by atoms with Gasteiger partial charge in [0.25, 0.3) is 6.43 Å². The van der Waals surface area contributed by atoms with Crippen molar-refractivity contribution < 1.29 is 26.2 Å². The summed E-state index contributed by atoms with van der Waals surface area (Å²) in [6.45, 7) is 1.42. The molecule has 2 rings (SSSR count). The number of hydrogen-bond acceptors (Lipinski definition) is 7. The Balaban J connectivity index is 2.37. The molecular formula is C11H9F3N4O3S. The molecule has 2 aromatic rings. The van der Waals surface area contributed by atoms with E-state index in [1.807, 2.05) is 0 Å². The second kappa shape index (κ2) is 6.56. The highest BCUT2D eigenvalue weighted by Crippen LogP contribution is 2.30. The van der Waals surface area contributed by atoms with Gasteiger partial charge in [0.2, 0.25) is 5.82 Å². The molecule has 0 radical (unpaired) electrons. The molecule has 0 saturated carbocycles. The van der Waals surface area contributed by atoms with Gasteiger partial charge in [-0.2, -0.15) is 8.42 Å². The lowest BCUT2D eigenvalue weighted by Crippen LogP contribution is -2.12. The van der Waals surface area contributed by atoms with E-state index in [0.29, 0.717) is 0 Å². The van der Waals surface area contributed by atoms with Crippen molar-refractivity contribution in [3.8, 4) is 11.3 Å². The Hall–Kier alpha value is -2.43. The molecule has 1 atom stereocenters. The molecule has 1 unspecified atom stereocenters. The largest absolute Gasteiger partial charge is 0.343 e. The van der Waals surface area contributed by atoms with Gasteiger partial charge in [0.15, 0.2) is 5.69 Å². The average molecular weight is 334 g/mol. The molecular weight excluding hydrogens is 325 g/mol. The average Bonchev–Trinajstić information content (AvgIpc) is 2.86. The fourth-order valence-electron chi connectivity index (χ4n) is 1.68. The van der Waals surface area contributed by atoms with Crippen molar-refractivity contribution >= 4 is 16.3 Å². The molecule has 0 aliphatic heterocycles. The summed E-state index contributed by atoms with van der Waals surface area (Å²) in [6.07, 6.45) is -3.87. The molecule has 11 heteroatoms. The maximum absolute atomic E-state index is 13.3. The maximum Gasteiger partial charge on any atom is 0.313 e. The van der Waals surface area contributed by atoms with E-state index in [1.54, 1.807) is 0 Å². The van der Waals surface area contributed by atoms with Crippen LogP contribution in [0.3, 0.4) is 0 Å². The SMILES string of the molecule is CC(N=S(=O)=O)Nc1nonc1-c1ccc(F)c(C(F)F)c1. The van der Waals surface area contributed by atoms with E-state index in [0.717, 1.165) is 12.1 Å². The lowest BCUT2D eigenvalue weighted by atomic mass is 10.1. The number of benzene rings is 1. The lowest BCUT2D eigenvalue weighted by Gasteiger charge is -2.07. The molecule has 1 aromatic heterocycles. The molecule has 0 saturated heterocycles. The summed E-state index contributed by atoms with van der Waals surface area (Å²) in [5.74, 6) is -1.05. The van der Waals surface area contributed by atoms with Crippen molar-refractivity contribution in [1.82, 2.24) is 10.3 Å². The van der Waals surface area contributed by atoms with Crippen LogP contribution < -0.4 is 5.32 Å². The van der Waals surface area contributed by atoms with Gasteiger partial charge in [-0.3, -0.25) is 0 Å². The van der Waals surface area contributed by atoms with E-state index in [2.05, 4.69) is 24.6 Å². The molecule has 22 heavy (non-hydrogen) atoms. The number of nitrogens with one attached hydrogen (secondary N) is 1. The first-order valence-corrected chi connectivity index (χ1v) is 6.89. The van der Waals surface area contributed by atoms with Crippen LogP contribution in [0.4, 0.5) is 19.0 Å². The van der Waals surface area contributed by atoms with Crippen LogP contribution in [-0.4, -0.2) is 24.9 Å². The number of rotatable bonds is 5. The highest BCUT2D eigenvalue weighted by Gasteiger charge is 2.19. The minimum absolute atomic E-state index is 0.00600. The zero-order valence-corrected chi connectivity index (χ0v) is 11.8. The fraction of sp³-hybridized carbons (Fsp3) is 0.273. The third-order valence-electron chi connectivity index (χ3n) is 2.58. The number of halogens is 3. The zero-order valence-electron chi connectivity index (χ0n) is 11.0. The minimum atomic E-state index is -2.99. The van der Waals surface area contributed by atoms with Crippen LogP contribution in [0.1, 0.15) is 18.9 Å². The number of nitrogens with zero attached hydrogens (tertiary/aromatic N) is 3. The summed E-state index contributed by atoms with van der Waals surface area (Å²) >= 11 is 0. The van der Waals surface area contributed by atoms with Crippen molar-refractivity contribution in [3.05, 3.63) is 29.6 Å². The van der Waals surface area contributed by atoms with Gasteiger partial charge in [-0.05, 0) is 35.4 Å². The Labute approximate surface area is 123 Å². The summed E-state index contributed by atoms with van der Waals surface area (Å²) in [5.41, 5.74) is -0.624. The van der Waals surface area contributed by atoms with Crippen LogP contribution in [0.5, 0.6) is 0 Å². The topological polar surface area (TPSA) is 97.5 Å². The second-order valence-corrected chi connectivity index (χ2v) is 4.79. The van der Waals surface area contributed by atoms with Crippen molar-refractivity contribution in [2.75, 3.05) is 5.32 Å². The number of hydrogen-bond donors (Lipinski definition) is 1. The maximum atomic E-state index is 13.3. The highest BCUT2D eigenvalue weighted by molar-refractivity contribution is 7.61. The van der Waals surface area contributed by atoms with Gasteiger partial charge >= 0.3 is 10.5 Å². The van der Waals surface area contributed by atoms with E-state index < -0.39 is 34.5 Å². The molecule has 1 heterocycles. The van der Waals surface area contributed by atoms with Gasteiger partial charge in [-0.15, -0.1) is 4.36 Å². The van der Waals surface area contributed by atoms with Crippen molar-refractivity contribution in [2.24, 2.45) is 4.36 Å². The van der Waals surface area contributed by atoms with Crippen LogP contribution in [0.25, 0.3) is 11.3 Å². The molecule has 0 fully saturated rings. The van der Waals surface area contributed by atoms with Crippen LogP contribution >= 0.6 is 0 Å². The zero-order chi connectivity index (χ0) is 16.3. The molecule has 0 spiro atoms. The Morgan fingerprint density at radius 3 is 2.68 bits per heavy atom.